The molecule has 0 aliphatic carbocycles. The number of methoxy groups -OCH3 is 1. The van der Waals surface area contributed by atoms with Gasteiger partial charge in [-0.25, -0.2) is 4.68 Å². The van der Waals surface area contributed by atoms with E-state index in [-0.39, 0.29) is 5.69 Å². The van der Waals surface area contributed by atoms with Crippen LogP contribution in [0.2, 0.25) is 0 Å². The van der Waals surface area contributed by atoms with Crippen LogP contribution in [0.3, 0.4) is 0 Å². The Morgan fingerprint density at radius 2 is 1.75 bits per heavy atom. The van der Waals surface area contributed by atoms with Crippen molar-refractivity contribution in [3.05, 3.63) is 82.2 Å². The molecule has 0 radical (unpaired) electrons. The predicted molar refractivity (Wildman–Crippen MR) is 92.1 cm³/mol. The van der Waals surface area contributed by atoms with Crippen molar-refractivity contribution in [3.63, 3.8) is 0 Å². The Labute approximate surface area is 138 Å². The molecule has 0 unspecified atom stereocenters. The minimum absolute atomic E-state index is 0.0796. The molecule has 0 N–H and O–H groups in total. The highest BCUT2D eigenvalue weighted by molar-refractivity contribution is 5.68. The Morgan fingerprint density at radius 1 is 1.04 bits per heavy atom. The molecule has 0 atom stereocenters. The van der Waals surface area contributed by atoms with E-state index in [0.29, 0.717) is 0 Å². The van der Waals surface area contributed by atoms with E-state index in [2.05, 4.69) is 5.10 Å². The molecule has 6 heteroatoms. The van der Waals surface area contributed by atoms with Crippen molar-refractivity contribution in [1.82, 2.24) is 9.78 Å². The monoisotopic (exact) mass is 321 g/mol. The van der Waals surface area contributed by atoms with Gasteiger partial charge >= 0.3 is 0 Å². The van der Waals surface area contributed by atoms with E-state index in [0.717, 1.165) is 22.7 Å². The number of hydrogen-bond acceptors (Lipinski definition) is 4. The fourth-order valence-electron chi connectivity index (χ4n) is 2.19. The molecule has 24 heavy (non-hydrogen) atoms. The highest BCUT2D eigenvalue weighted by atomic mass is 16.6. The summed E-state index contributed by atoms with van der Waals surface area (Å²) in [6.45, 7) is 0. The summed E-state index contributed by atoms with van der Waals surface area (Å²) in [6, 6.07) is 15.9. The van der Waals surface area contributed by atoms with Crippen LogP contribution in [0.15, 0.2) is 60.8 Å². The lowest BCUT2D eigenvalue weighted by atomic mass is 10.2. The summed E-state index contributed by atoms with van der Waals surface area (Å²) in [5, 5.41) is 15.1. The van der Waals surface area contributed by atoms with Gasteiger partial charge in [0.05, 0.1) is 23.4 Å². The number of benzene rings is 2. The van der Waals surface area contributed by atoms with E-state index in [9.17, 15) is 10.1 Å². The average molecular weight is 321 g/mol. The molecule has 0 aliphatic heterocycles. The standard InChI is InChI=1S/C18H15N3O3/c1-24-18-10-8-16(9-11-18)20-13-12-15(19-20)5-2-14-3-6-17(7-4-14)21(22)23/h2-13H,1H3/b5-2+. The second kappa shape index (κ2) is 6.78. The summed E-state index contributed by atoms with van der Waals surface area (Å²) in [5.41, 5.74) is 2.69. The van der Waals surface area contributed by atoms with E-state index >= 15 is 0 Å². The third kappa shape index (κ3) is 3.49. The summed E-state index contributed by atoms with van der Waals surface area (Å²) < 4.78 is 6.91. The van der Waals surface area contributed by atoms with Crippen molar-refractivity contribution in [2.24, 2.45) is 0 Å². The van der Waals surface area contributed by atoms with E-state index in [1.165, 1.54) is 12.1 Å². The minimum atomic E-state index is -0.413. The third-order valence-electron chi connectivity index (χ3n) is 3.50. The number of hydrogen-bond donors (Lipinski definition) is 0. The van der Waals surface area contributed by atoms with Crippen molar-refractivity contribution in [2.45, 2.75) is 0 Å². The van der Waals surface area contributed by atoms with Crippen molar-refractivity contribution in [1.29, 1.82) is 0 Å². The fourth-order valence-corrected chi connectivity index (χ4v) is 2.19. The Morgan fingerprint density at radius 3 is 2.38 bits per heavy atom. The van der Waals surface area contributed by atoms with Crippen molar-refractivity contribution < 1.29 is 9.66 Å². The van der Waals surface area contributed by atoms with Gasteiger partial charge in [0.1, 0.15) is 5.75 Å². The quantitative estimate of drug-likeness (QED) is 0.527. The summed E-state index contributed by atoms with van der Waals surface area (Å²) in [5.74, 6) is 0.796. The zero-order chi connectivity index (χ0) is 16.9. The lowest BCUT2D eigenvalue weighted by Crippen LogP contribution is -1.94. The largest absolute Gasteiger partial charge is 0.497 e. The first-order valence-corrected chi connectivity index (χ1v) is 7.28. The van der Waals surface area contributed by atoms with Crippen LogP contribution in [-0.4, -0.2) is 21.8 Å². The van der Waals surface area contributed by atoms with Gasteiger partial charge in [-0.05, 0) is 54.1 Å². The molecule has 0 bridgehead atoms. The van der Waals surface area contributed by atoms with Gasteiger partial charge in [0, 0.05) is 18.3 Å². The maximum absolute atomic E-state index is 10.6. The van der Waals surface area contributed by atoms with E-state index in [1.54, 1.807) is 23.9 Å². The lowest BCUT2D eigenvalue weighted by molar-refractivity contribution is -0.384. The number of nitrogens with zero attached hydrogens (tertiary/aromatic N) is 3. The first-order chi connectivity index (χ1) is 11.7. The predicted octanol–water partition coefficient (Wildman–Crippen LogP) is 3.96. The SMILES string of the molecule is COc1ccc(-n2ccc(/C=C/c3ccc([N+](=O)[O-])cc3)n2)cc1. The Kier molecular flexibility index (Phi) is 4.38. The normalized spacial score (nSPS) is 10.9. The zero-order valence-corrected chi connectivity index (χ0v) is 13.0. The molecule has 0 saturated heterocycles. The van der Waals surface area contributed by atoms with Crippen molar-refractivity contribution in [2.75, 3.05) is 7.11 Å². The number of rotatable bonds is 5. The molecular weight excluding hydrogens is 306 g/mol. The van der Waals surface area contributed by atoms with Crippen LogP contribution in [-0.2, 0) is 0 Å². The average Bonchev–Trinajstić information content (AvgIpc) is 3.09. The Hall–Kier alpha value is -3.41. The fraction of sp³-hybridized carbons (Fsp3) is 0.0556. The molecule has 0 amide bonds. The Bertz CT molecular complexity index is 865. The van der Waals surface area contributed by atoms with Crippen molar-refractivity contribution >= 4 is 17.8 Å². The maximum atomic E-state index is 10.6. The summed E-state index contributed by atoms with van der Waals surface area (Å²) >= 11 is 0. The molecule has 2 aromatic carbocycles. The maximum Gasteiger partial charge on any atom is 0.269 e. The molecule has 120 valence electrons. The van der Waals surface area contributed by atoms with E-state index in [1.807, 2.05) is 48.7 Å². The number of aromatic nitrogens is 2. The lowest BCUT2D eigenvalue weighted by Gasteiger charge is -2.02. The van der Waals surface area contributed by atoms with E-state index < -0.39 is 4.92 Å². The second-order valence-corrected chi connectivity index (χ2v) is 5.07. The van der Waals surface area contributed by atoms with Gasteiger partial charge in [-0.3, -0.25) is 10.1 Å². The van der Waals surface area contributed by atoms with Gasteiger partial charge in [-0.15, -0.1) is 0 Å². The van der Waals surface area contributed by atoms with Gasteiger partial charge in [0.2, 0.25) is 0 Å². The first kappa shape index (κ1) is 15.5. The van der Waals surface area contributed by atoms with Crippen LogP contribution >= 0.6 is 0 Å². The van der Waals surface area contributed by atoms with Gasteiger partial charge in [0.15, 0.2) is 0 Å². The third-order valence-corrected chi connectivity index (χ3v) is 3.50. The highest BCUT2D eigenvalue weighted by Crippen LogP contribution is 2.16. The minimum Gasteiger partial charge on any atom is -0.497 e. The molecule has 0 saturated carbocycles. The smallest absolute Gasteiger partial charge is 0.269 e. The molecule has 3 aromatic rings. The summed E-state index contributed by atoms with van der Waals surface area (Å²) in [7, 11) is 1.63. The van der Waals surface area contributed by atoms with Crippen molar-refractivity contribution in [3.8, 4) is 11.4 Å². The first-order valence-electron chi connectivity index (χ1n) is 7.28. The van der Waals surface area contributed by atoms with Crippen LogP contribution in [0, 0.1) is 10.1 Å². The van der Waals surface area contributed by atoms with Gasteiger partial charge in [0.25, 0.3) is 5.69 Å². The van der Waals surface area contributed by atoms with Gasteiger partial charge in [-0.2, -0.15) is 5.10 Å². The van der Waals surface area contributed by atoms with Crippen LogP contribution in [0.1, 0.15) is 11.3 Å². The molecule has 0 fully saturated rings. The second-order valence-electron chi connectivity index (χ2n) is 5.07. The Balaban J connectivity index is 1.74. The number of nitro groups is 1. The number of ether oxygens (including phenoxy) is 1. The topological polar surface area (TPSA) is 70.2 Å². The number of non-ortho nitro benzene ring substituents is 1. The van der Waals surface area contributed by atoms with E-state index in [4.69, 9.17) is 4.74 Å². The van der Waals surface area contributed by atoms with Gasteiger partial charge < -0.3 is 4.74 Å². The molecule has 1 aromatic heterocycles. The number of nitro benzene ring substituents is 1. The summed E-state index contributed by atoms with van der Waals surface area (Å²) in [4.78, 5) is 10.2. The molecule has 0 spiro atoms. The molecule has 6 nitrogen and oxygen atoms in total. The van der Waals surface area contributed by atoms with Crippen LogP contribution in [0.4, 0.5) is 5.69 Å². The molecular formula is C18H15N3O3. The highest BCUT2D eigenvalue weighted by Gasteiger charge is 2.03. The van der Waals surface area contributed by atoms with Crippen LogP contribution in [0.5, 0.6) is 5.75 Å². The van der Waals surface area contributed by atoms with Gasteiger partial charge in [-0.1, -0.05) is 6.08 Å². The molecule has 1 heterocycles. The molecule has 0 aliphatic rings. The molecule has 3 rings (SSSR count). The van der Waals surface area contributed by atoms with Crippen LogP contribution < -0.4 is 4.74 Å². The zero-order valence-electron chi connectivity index (χ0n) is 13.0. The van der Waals surface area contributed by atoms with Crippen LogP contribution in [0.25, 0.3) is 17.8 Å². The summed E-state index contributed by atoms with van der Waals surface area (Å²) in [6.07, 6.45) is 5.60.